The lowest BCUT2D eigenvalue weighted by Gasteiger charge is -2.50. The third-order valence-electron chi connectivity index (χ3n) is 13.7. The molecular formula is C47H55ClN10O8. The number of carbonyl (C=O) groups excluding carboxylic acids is 5. The number of rotatable bonds is 12. The third kappa shape index (κ3) is 8.57. The summed E-state index contributed by atoms with van der Waals surface area (Å²) in [6, 6.07) is 10.3. The number of anilines is 4. The minimum atomic E-state index is -0.994. The number of likely N-dealkylation sites (N-methyl/N-ethyl adjacent to an activating group) is 1. The van der Waals surface area contributed by atoms with Crippen LogP contribution in [0.5, 0.6) is 5.75 Å². The molecule has 6 heterocycles. The normalized spacial score (nSPS) is 22.7. The standard InChI is InChI=1S/C47H55ClN10O8/c1-25(2)57-36-8-6-29(18-28(36)19-38(45(57)63)65-24-40(60)49-5)51-42-34(48)22-50-47(53-42)54-14-12-31(13-15-54)66-32-20-30(21-32)55-16-17-56(26(3)23-55)35-9-7-33-41(27(35)4)46(64)58(44(33)62)37-10-11-39(59)52-43(37)61/h6-9,18-19,22,25-26,30-32,37H,10-17,20-21,23-24H2,1-5H3,(H,49,60)(H,50,51,53)(H,52,59,61)/t26-,30-,32-,37?/m1/s1. The minimum absolute atomic E-state index is 0.0802. The minimum Gasteiger partial charge on any atom is -0.478 e. The first-order valence-corrected chi connectivity index (χ1v) is 23.1. The van der Waals surface area contributed by atoms with Crippen LogP contribution >= 0.6 is 11.6 Å². The Bertz CT molecular complexity index is 2680. The number of aromatic nitrogens is 3. The fraction of sp³-hybridized carbons (Fsp3) is 0.489. The first kappa shape index (κ1) is 45.1. The number of imide groups is 2. The van der Waals surface area contributed by atoms with Crippen LogP contribution in [0.4, 0.5) is 23.1 Å². The lowest BCUT2D eigenvalue weighted by atomic mass is 9.86. The summed E-state index contributed by atoms with van der Waals surface area (Å²) in [5.41, 5.74) is 3.40. The summed E-state index contributed by atoms with van der Waals surface area (Å²) in [5, 5.41) is 9.20. The smallest absolute Gasteiger partial charge is 0.293 e. The summed E-state index contributed by atoms with van der Waals surface area (Å²) in [7, 11) is 1.51. The number of amides is 5. The van der Waals surface area contributed by atoms with Gasteiger partial charge in [-0.3, -0.25) is 43.9 Å². The van der Waals surface area contributed by atoms with Crippen LogP contribution in [-0.4, -0.2) is 131 Å². The predicted molar refractivity (Wildman–Crippen MR) is 248 cm³/mol. The molecule has 2 aromatic carbocycles. The summed E-state index contributed by atoms with van der Waals surface area (Å²) < 4.78 is 13.9. The van der Waals surface area contributed by atoms with Gasteiger partial charge in [0.2, 0.25) is 17.8 Å². The number of halogens is 1. The maximum absolute atomic E-state index is 13.7. The first-order chi connectivity index (χ1) is 31.7. The first-order valence-electron chi connectivity index (χ1n) is 22.8. The second kappa shape index (κ2) is 18.3. The van der Waals surface area contributed by atoms with Crippen LogP contribution in [0.2, 0.25) is 5.02 Å². The highest BCUT2D eigenvalue weighted by atomic mass is 35.5. The van der Waals surface area contributed by atoms with Gasteiger partial charge in [-0.05, 0) is 102 Å². The van der Waals surface area contributed by atoms with E-state index in [1.807, 2.05) is 45.0 Å². The van der Waals surface area contributed by atoms with Crippen LogP contribution in [-0.2, 0) is 19.1 Å². The van der Waals surface area contributed by atoms with E-state index in [1.54, 1.807) is 22.9 Å². The van der Waals surface area contributed by atoms with E-state index >= 15 is 0 Å². The maximum atomic E-state index is 13.7. The number of carbonyl (C=O) groups is 5. The van der Waals surface area contributed by atoms with Crippen molar-refractivity contribution in [3.63, 3.8) is 0 Å². The largest absolute Gasteiger partial charge is 0.478 e. The molecular weight excluding hydrogens is 868 g/mol. The number of benzene rings is 2. The van der Waals surface area contributed by atoms with E-state index in [0.717, 1.165) is 85.5 Å². The predicted octanol–water partition coefficient (Wildman–Crippen LogP) is 4.33. The molecule has 0 radical (unpaired) electrons. The number of fused-ring (bicyclic) bond motifs is 2. The molecule has 2 atom stereocenters. The molecule has 19 heteroatoms. The van der Waals surface area contributed by atoms with E-state index in [1.165, 1.54) is 7.05 Å². The van der Waals surface area contributed by atoms with Gasteiger partial charge >= 0.3 is 0 Å². The van der Waals surface area contributed by atoms with Gasteiger partial charge in [-0.15, -0.1) is 0 Å². The van der Waals surface area contributed by atoms with Crippen LogP contribution in [0.1, 0.15) is 91.6 Å². The van der Waals surface area contributed by atoms with E-state index in [0.29, 0.717) is 39.6 Å². The topological polar surface area (TPSA) is 201 Å². The SMILES string of the molecule is CNC(=O)COc1cc2cc(Nc3nc(N4CCC(O[C@H]5C[C@H](N6CCN(c7ccc8c(c7C)C(=O)N(C7CCC(=O)NC7=O)C8=O)[C@H](C)C6)C5)CC4)ncc3Cl)ccc2n(C(C)C)c1=O. The van der Waals surface area contributed by atoms with Crippen molar-refractivity contribution in [2.24, 2.45) is 0 Å². The maximum Gasteiger partial charge on any atom is 0.293 e. The van der Waals surface area contributed by atoms with Crippen molar-refractivity contribution in [2.45, 2.75) is 103 Å². The van der Waals surface area contributed by atoms with Crippen molar-refractivity contribution < 1.29 is 33.4 Å². The second-order valence-electron chi connectivity index (χ2n) is 18.2. The van der Waals surface area contributed by atoms with E-state index in [-0.39, 0.29) is 61.0 Å². The molecule has 3 N–H and O–H groups in total. The molecule has 66 heavy (non-hydrogen) atoms. The number of nitrogens with zero attached hydrogens (tertiary/aromatic N) is 7. The van der Waals surface area contributed by atoms with E-state index < -0.39 is 29.7 Å². The van der Waals surface area contributed by atoms with Crippen molar-refractivity contribution in [1.29, 1.82) is 0 Å². The Balaban J connectivity index is 0.763. The second-order valence-corrected chi connectivity index (χ2v) is 18.6. The summed E-state index contributed by atoms with van der Waals surface area (Å²) in [4.78, 5) is 93.8. The molecule has 4 aromatic rings. The number of nitrogens with one attached hydrogen (secondary N) is 3. The average molecular weight is 923 g/mol. The van der Waals surface area contributed by atoms with Crippen LogP contribution in [0.3, 0.4) is 0 Å². The Morgan fingerprint density at radius 1 is 0.970 bits per heavy atom. The van der Waals surface area contributed by atoms with E-state index in [9.17, 15) is 28.8 Å². The third-order valence-corrected chi connectivity index (χ3v) is 13.9. The number of pyridine rings is 1. The summed E-state index contributed by atoms with van der Waals surface area (Å²) in [6.07, 6.45) is 5.78. The molecule has 348 valence electrons. The van der Waals surface area contributed by atoms with Gasteiger partial charge in [-0.1, -0.05) is 11.6 Å². The number of piperazine rings is 1. The van der Waals surface area contributed by atoms with Crippen molar-refractivity contribution in [2.75, 3.05) is 61.5 Å². The zero-order chi connectivity index (χ0) is 46.6. The summed E-state index contributed by atoms with van der Waals surface area (Å²) >= 11 is 6.61. The van der Waals surface area contributed by atoms with Crippen molar-refractivity contribution in [1.82, 2.24) is 35.0 Å². The summed E-state index contributed by atoms with van der Waals surface area (Å²) in [5.74, 6) is -1.21. The van der Waals surface area contributed by atoms with Gasteiger partial charge in [-0.25, -0.2) is 4.98 Å². The molecule has 3 saturated heterocycles. The number of ether oxygens (including phenoxy) is 2. The van der Waals surface area contributed by atoms with Gasteiger partial charge in [0.05, 0.1) is 35.0 Å². The lowest BCUT2D eigenvalue weighted by Crippen LogP contribution is -2.59. The van der Waals surface area contributed by atoms with E-state index in [4.69, 9.17) is 26.1 Å². The Hall–Kier alpha value is -6.11. The molecule has 9 rings (SSSR count). The molecule has 5 aliphatic rings. The molecule has 4 aliphatic heterocycles. The molecule has 0 bridgehead atoms. The quantitative estimate of drug-likeness (QED) is 0.170. The Morgan fingerprint density at radius 2 is 1.74 bits per heavy atom. The zero-order valence-corrected chi connectivity index (χ0v) is 38.5. The molecule has 1 unspecified atom stereocenters. The Morgan fingerprint density at radius 3 is 2.45 bits per heavy atom. The van der Waals surface area contributed by atoms with Gasteiger partial charge in [0.1, 0.15) is 11.1 Å². The zero-order valence-electron chi connectivity index (χ0n) is 37.8. The van der Waals surface area contributed by atoms with Crippen molar-refractivity contribution in [3.05, 3.63) is 74.7 Å². The van der Waals surface area contributed by atoms with Crippen molar-refractivity contribution in [3.8, 4) is 5.75 Å². The Kier molecular flexibility index (Phi) is 12.5. The molecule has 2 aromatic heterocycles. The van der Waals surface area contributed by atoms with Gasteiger partial charge < -0.3 is 34.5 Å². The Labute approximate surface area is 386 Å². The van der Waals surface area contributed by atoms with Gasteiger partial charge in [0, 0.05) is 81.1 Å². The highest BCUT2D eigenvalue weighted by molar-refractivity contribution is 6.33. The van der Waals surface area contributed by atoms with Crippen LogP contribution in [0.25, 0.3) is 10.9 Å². The number of hydrogen-bond donors (Lipinski definition) is 3. The molecule has 1 saturated carbocycles. The monoisotopic (exact) mass is 922 g/mol. The van der Waals surface area contributed by atoms with Crippen LogP contribution < -0.4 is 36.0 Å². The number of hydrogen-bond acceptors (Lipinski definition) is 14. The van der Waals surface area contributed by atoms with Gasteiger partial charge in [0.25, 0.3) is 23.3 Å². The van der Waals surface area contributed by atoms with Gasteiger partial charge in [-0.2, -0.15) is 4.98 Å². The fourth-order valence-corrected chi connectivity index (χ4v) is 10.2. The number of piperidine rings is 2. The average Bonchev–Trinajstić information content (AvgIpc) is 3.53. The highest BCUT2D eigenvalue weighted by Gasteiger charge is 2.46. The van der Waals surface area contributed by atoms with Crippen LogP contribution in [0, 0.1) is 6.92 Å². The fourth-order valence-electron chi connectivity index (χ4n) is 10.1. The van der Waals surface area contributed by atoms with Crippen LogP contribution in [0.15, 0.2) is 47.4 Å². The van der Waals surface area contributed by atoms with Crippen molar-refractivity contribution >= 4 is 75.2 Å². The molecule has 4 fully saturated rings. The van der Waals surface area contributed by atoms with Gasteiger partial charge in [0.15, 0.2) is 18.2 Å². The molecule has 18 nitrogen and oxygen atoms in total. The highest BCUT2D eigenvalue weighted by Crippen LogP contribution is 2.38. The summed E-state index contributed by atoms with van der Waals surface area (Å²) in [6.45, 7) is 11.6. The lowest BCUT2D eigenvalue weighted by molar-refractivity contribution is -0.136. The molecule has 5 amide bonds. The molecule has 0 spiro atoms. The van der Waals surface area contributed by atoms with E-state index in [2.05, 4.69) is 42.6 Å². The molecule has 1 aliphatic carbocycles.